The van der Waals surface area contributed by atoms with Gasteiger partial charge in [-0.15, -0.1) is 0 Å². The lowest BCUT2D eigenvalue weighted by molar-refractivity contribution is -0.135. The first-order valence-electron chi connectivity index (χ1n) is 5.53. The predicted octanol–water partition coefficient (Wildman–Crippen LogP) is 1.16. The Bertz CT molecular complexity index is 401. The molecule has 0 saturated heterocycles. The van der Waals surface area contributed by atoms with E-state index in [0.717, 1.165) is 0 Å². The van der Waals surface area contributed by atoms with Crippen LogP contribution in [0.5, 0.6) is 5.75 Å². The molecule has 0 unspecified atom stereocenters. The van der Waals surface area contributed by atoms with Gasteiger partial charge in [-0.05, 0) is 19.9 Å². The van der Waals surface area contributed by atoms with E-state index in [1.54, 1.807) is 45.2 Å². The van der Waals surface area contributed by atoms with Crippen LogP contribution in [0.3, 0.4) is 0 Å². The minimum atomic E-state index is -0.596. The van der Waals surface area contributed by atoms with Crippen LogP contribution >= 0.6 is 0 Å². The number of para-hydroxylation sites is 1. The highest BCUT2D eigenvalue weighted by molar-refractivity contribution is 5.79. The zero-order valence-corrected chi connectivity index (χ0v) is 10.5. The molecule has 0 bridgehead atoms. The highest BCUT2D eigenvalue weighted by Gasteiger charge is 2.26. The molecular formula is C13H19NO3. The number of aliphatic hydroxyl groups excluding tert-OH is 1. The number of carbonyl (C=O) groups excluding carboxylic acids is 1. The first kappa shape index (κ1) is 13.5. The minimum absolute atomic E-state index is 0.101. The van der Waals surface area contributed by atoms with Crippen LogP contribution in [-0.2, 0) is 11.2 Å². The largest absolute Gasteiger partial charge is 0.508 e. The molecule has 1 amide bonds. The molecule has 94 valence electrons. The van der Waals surface area contributed by atoms with Gasteiger partial charge in [0.15, 0.2) is 0 Å². The van der Waals surface area contributed by atoms with Crippen LogP contribution in [0.25, 0.3) is 0 Å². The molecule has 1 aromatic rings. The molecule has 0 spiro atoms. The Balaban J connectivity index is 2.77. The van der Waals surface area contributed by atoms with Gasteiger partial charge in [-0.2, -0.15) is 0 Å². The third kappa shape index (κ3) is 3.20. The van der Waals surface area contributed by atoms with Crippen molar-refractivity contribution < 1.29 is 15.0 Å². The fraction of sp³-hybridized carbons (Fsp3) is 0.462. The monoisotopic (exact) mass is 237 g/mol. The van der Waals surface area contributed by atoms with Gasteiger partial charge in [-0.1, -0.05) is 18.2 Å². The number of phenolic OH excluding ortho intramolecular Hbond substituents is 1. The summed E-state index contributed by atoms with van der Waals surface area (Å²) >= 11 is 0. The van der Waals surface area contributed by atoms with Crippen LogP contribution in [0.4, 0.5) is 0 Å². The minimum Gasteiger partial charge on any atom is -0.508 e. The van der Waals surface area contributed by atoms with E-state index in [1.165, 1.54) is 4.90 Å². The molecule has 0 saturated carbocycles. The maximum Gasteiger partial charge on any atom is 0.227 e. The van der Waals surface area contributed by atoms with Crippen LogP contribution in [0.1, 0.15) is 19.4 Å². The fourth-order valence-corrected chi connectivity index (χ4v) is 1.39. The molecule has 0 fully saturated rings. The van der Waals surface area contributed by atoms with E-state index < -0.39 is 5.54 Å². The summed E-state index contributed by atoms with van der Waals surface area (Å²) in [5.74, 6) is -0.0124. The van der Waals surface area contributed by atoms with Gasteiger partial charge in [0.25, 0.3) is 0 Å². The van der Waals surface area contributed by atoms with Crippen molar-refractivity contribution in [1.29, 1.82) is 0 Å². The topological polar surface area (TPSA) is 60.8 Å². The summed E-state index contributed by atoms with van der Waals surface area (Å²) in [6, 6.07) is 6.76. The van der Waals surface area contributed by atoms with Crippen molar-refractivity contribution in [2.45, 2.75) is 25.8 Å². The van der Waals surface area contributed by atoms with E-state index >= 15 is 0 Å². The Morgan fingerprint density at radius 2 is 1.94 bits per heavy atom. The average Bonchev–Trinajstić information content (AvgIpc) is 2.31. The number of hydrogen-bond acceptors (Lipinski definition) is 3. The van der Waals surface area contributed by atoms with E-state index in [9.17, 15) is 15.0 Å². The Morgan fingerprint density at radius 1 is 1.35 bits per heavy atom. The number of aromatic hydroxyl groups is 1. The lowest BCUT2D eigenvalue weighted by Gasteiger charge is -2.34. The number of carbonyl (C=O) groups is 1. The Hall–Kier alpha value is -1.55. The van der Waals surface area contributed by atoms with Crippen molar-refractivity contribution in [3.8, 4) is 5.75 Å². The standard InChI is InChI=1S/C13H19NO3/c1-13(2,9-15)14(3)12(17)8-10-6-4-5-7-11(10)16/h4-7,15-16H,8-9H2,1-3H3. The van der Waals surface area contributed by atoms with Gasteiger partial charge >= 0.3 is 0 Å². The second-order valence-corrected chi connectivity index (χ2v) is 4.73. The lowest BCUT2D eigenvalue weighted by Crippen LogP contribution is -2.48. The smallest absolute Gasteiger partial charge is 0.227 e. The quantitative estimate of drug-likeness (QED) is 0.826. The molecule has 0 aromatic heterocycles. The van der Waals surface area contributed by atoms with Gasteiger partial charge in [0.05, 0.1) is 18.6 Å². The summed E-state index contributed by atoms with van der Waals surface area (Å²) in [6.07, 6.45) is 0.132. The van der Waals surface area contributed by atoms with Crippen molar-refractivity contribution in [2.24, 2.45) is 0 Å². The number of amides is 1. The normalized spacial score (nSPS) is 11.3. The molecule has 0 heterocycles. The zero-order valence-electron chi connectivity index (χ0n) is 10.5. The van der Waals surface area contributed by atoms with Crippen LogP contribution in [0.15, 0.2) is 24.3 Å². The van der Waals surface area contributed by atoms with Gasteiger partial charge in [-0.25, -0.2) is 0 Å². The Morgan fingerprint density at radius 3 is 2.47 bits per heavy atom. The van der Waals surface area contributed by atoms with Gasteiger partial charge in [0.2, 0.25) is 5.91 Å². The molecule has 4 heteroatoms. The highest BCUT2D eigenvalue weighted by Crippen LogP contribution is 2.19. The summed E-state index contributed by atoms with van der Waals surface area (Å²) in [4.78, 5) is 13.5. The average molecular weight is 237 g/mol. The van der Waals surface area contributed by atoms with E-state index in [-0.39, 0.29) is 24.7 Å². The predicted molar refractivity (Wildman–Crippen MR) is 65.7 cm³/mol. The number of hydrogen-bond donors (Lipinski definition) is 2. The van der Waals surface area contributed by atoms with E-state index in [0.29, 0.717) is 5.56 Å². The van der Waals surface area contributed by atoms with Crippen molar-refractivity contribution in [2.75, 3.05) is 13.7 Å². The molecule has 0 atom stereocenters. The van der Waals surface area contributed by atoms with Crippen molar-refractivity contribution in [1.82, 2.24) is 4.90 Å². The summed E-state index contributed by atoms with van der Waals surface area (Å²) in [7, 11) is 1.65. The van der Waals surface area contributed by atoms with Gasteiger partial charge in [-0.3, -0.25) is 4.79 Å². The Labute approximate surface area is 101 Å². The summed E-state index contributed by atoms with van der Waals surface area (Å²) in [6.45, 7) is 3.47. The number of rotatable bonds is 4. The molecule has 0 aliphatic heterocycles. The van der Waals surface area contributed by atoms with Crippen molar-refractivity contribution in [3.63, 3.8) is 0 Å². The van der Waals surface area contributed by atoms with Crippen molar-refractivity contribution in [3.05, 3.63) is 29.8 Å². The second kappa shape index (κ2) is 5.19. The van der Waals surface area contributed by atoms with E-state index in [4.69, 9.17) is 0 Å². The van der Waals surface area contributed by atoms with Gasteiger partial charge in [0.1, 0.15) is 5.75 Å². The molecule has 0 radical (unpaired) electrons. The SMILES string of the molecule is CN(C(=O)Cc1ccccc1O)C(C)(C)CO. The van der Waals surface area contributed by atoms with Crippen LogP contribution in [0, 0.1) is 0 Å². The third-order valence-electron chi connectivity index (χ3n) is 3.00. The summed E-state index contributed by atoms with van der Waals surface area (Å²) < 4.78 is 0. The zero-order chi connectivity index (χ0) is 13.1. The Kier molecular flexibility index (Phi) is 4.12. The fourth-order valence-electron chi connectivity index (χ4n) is 1.39. The van der Waals surface area contributed by atoms with E-state index in [1.807, 2.05) is 0 Å². The molecule has 1 aromatic carbocycles. The molecule has 17 heavy (non-hydrogen) atoms. The summed E-state index contributed by atoms with van der Waals surface area (Å²) in [5.41, 5.74) is -0.000298. The first-order chi connectivity index (χ1) is 7.88. The van der Waals surface area contributed by atoms with Gasteiger partial charge < -0.3 is 15.1 Å². The van der Waals surface area contributed by atoms with E-state index in [2.05, 4.69) is 0 Å². The van der Waals surface area contributed by atoms with Crippen molar-refractivity contribution >= 4 is 5.91 Å². The number of likely N-dealkylation sites (N-methyl/N-ethyl adjacent to an activating group) is 1. The maximum absolute atomic E-state index is 12.0. The lowest BCUT2D eigenvalue weighted by atomic mass is 10.0. The van der Waals surface area contributed by atoms with Crippen LogP contribution < -0.4 is 0 Å². The molecule has 1 rings (SSSR count). The number of aliphatic hydroxyl groups is 1. The maximum atomic E-state index is 12.0. The van der Waals surface area contributed by atoms with Crippen LogP contribution in [-0.4, -0.2) is 40.2 Å². The number of benzene rings is 1. The molecule has 4 nitrogen and oxygen atoms in total. The molecule has 0 aliphatic rings. The molecule has 0 aliphatic carbocycles. The first-order valence-corrected chi connectivity index (χ1v) is 5.53. The van der Waals surface area contributed by atoms with Crippen LogP contribution in [0.2, 0.25) is 0 Å². The third-order valence-corrected chi connectivity index (χ3v) is 3.00. The second-order valence-electron chi connectivity index (χ2n) is 4.73. The molecule has 2 N–H and O–H groups in total. The molecular weight excluding hydrogens is 218 g/mol. The van der Waals surface area contributed by atoms with Gasteiger partial charge in [0, 0.05) is 12.6 Å². The highest BCUT2D eigenvalue weighted by atomic mass is 16.3. The summed E-state index contributed by atoms with van der Waals surface area (Å²) in [5, 5.41) is 18.8. The number of phenols is 1. The number of nitrogens with zero attached hydrogens (tertiary/aromatic N) is 1.